The smallest absolute Gasteiger partial charge is 0.356 e. The van der Waals surface area contributed by atoms with Crippen LogP contribution in [0.5, 0.6) is 0 Å². The van der Waals surface area contributed by atoms with Crippen molar-refractivity contribution in [3.63, 3.8) is 0 Å². The topological polar surface area (TPSA) is 55.1 Å². The molecule has 4 nitrogen and oxygen atoms in total. The highest BCUT2D eigenvalue weighted by molar-refractivity contribution is 6.43. The molecule has 0 saturated heterocycles. The van der Waals surface area contributed by atoms with Crippen molar-refractivity contribution in [1.82, 2.24) is 9.55 Å². The molecular formula is C10H6Cl2N2O2. The maximum atomic E-state index is 10.7. The largest absolute Gasteiger partial charge is 0.476 e. The Balaban J connectivity index is 2.50. The SMILES string of the molecule is O=C(O)c1cn(-c2cccc(Cl)c2Cl)cn1. The number of aromatic carboxylic acids is 1. The van der Waals surface area contributed by atoms with E-state index in [1.54, 1.807) is 18.2 Å². The highest BCUT2D eigenvalue weighted by Gasteiger charge is 2.10. The lowest BCUT2D eigenvalue weighted by Gasteiger charge is -2.05. The van der Waals surface area contributed by atoms with Crippen molar-refractivity contribution < 1.29 is 9.90 Å². The lowest BCUT2D eigenvalue weighted by molar-refractivity contribution is 0.0691. The third kappa shape index (κ3) is 1.89. The molecule has 0 radical (unpaired) electrons. The predicted octanol–water partition coefficient (Wildman–Crippen LogP) is 2.88. The molecule has 1 aromatic carbocycles. The molecule has 0 amide bonds. The maximum absolute atomic E-state index is 10.7. The second kappa shape index (κ2) is 4.15. The second-order valence-electron chi connectivity index (χ2n) is 3.04. The molecule has 0 spiro atoms. The Labute approximate surface area is 101 Å². The number of halogens is 2. The van der Waals surface area contributed by atoms with Crippen molar-refractivity contribution in [3.8, 4) is 5.69 Å². The van der Waals surface area contributed by atoms with E-state index in [1.807, 2.05) is 0 Å². The van der Waals surface area contributed by atoms with Gasteiger partial charge in [-0.25, -0.2) is 9.78 Å². The van der Waals surface area contributed by atoms with Crippen LogP contribution in [0.1, 0.15) is 10.5 Å². The van der Waals surface area contributed by atoms with E-state index in [0.717, 1.165) is 0 Å². The minimum Gasteiger partial charge on any atom is -0.476 e. The average molecular weight is 257 g/mol. The zero-order chi connectivity index (χ0) is 11.7. The monoisotopic (exact) mass is 256 g/mol. The molecule has 2 aromatic rings. The number of hydrogen-bond donors (Lipinski definition) is 1. The van der Waals surface area contributed by atoms with E-state index in [-0.39, 0.29) is 5.69 Å². The molecule has 0 fully saturated rings. The molecule has 0 bridgehead atoms. The Kier molecular flexibility index (Phi) is 2.85. The van der Waals surface area contributed by atoms with Crippen molar-refractivity contribution >= 4 is 29.2 Å². The van der Waals surface area contributed by atoms with Crippen LogP contribution in [0.15, 0.2) is 30.7 Å². The molecule has 2 rings (SSSR count). The lowest BCUT2D eigenvalue weighted by Crippen LogP contribution is -1.96. The van der Waals surface area contributed by atoms with Gasteiger partial charge in [-0.3, -0.25) is 0 Å². The molecule has 1 heterocycles. The molecule has 0 saturated carbocycles. The minimum absolute atomic E-state index is 0.0453. The van der Waals surface area contributed by atoms with Crippen LogP contribution in [0.2, 0.25) is 10.0 Å². The van der Waals surface area contributed by atoms with Gasteiger partial charge in [0.15, 0.2) is 5.69 Å². The quantitative estimate of drug-likeness (QED) is 0.899. The molecule has 0 aliphatic rings. The number of carbonyl (C=O) groups is 1. The van der Waals surface area contributed by atoms with Gasteiger partial charge >= 0.3 is 5.97 Å². The number of carboxylic acids is 1. The Morgan fingerprint density at radius 1 is 1.38 bits per heavy atom. The van der Waals surface area contributed by atoms with Crippen LogP contribution in [0, 0.1) is 0 Å². The zero-order valence-electron chi connectivity index (χ0n) is 7.89. The van der Waals surface area contributed by atoms with E-state index in [0.29, 0.717) is 15.7 Å². The third-order valence-electron chi connectivity index (χ3n) is 2.01. The van der Waals surface area contributed by atoms with E-state index in [4.69, 9.17) is 28.3 Å². The van der Waals surface area contributed by atoms with Crippen molar-refractivity contribution in [2.45, 2.75) is 0 Å². The van der Waals surface area contributed by atoms with Gasteiger partial charge in [0.05, 0.1) is 15.7 Å². The summed E-state index contributed by atoms with van der Waals surface area (Å²) in [5.41, 5.74) is 0.546. The molecule has 0 aliphatic heterocycles. The van der Waals surface area contributed by atoms with Gasteiger partial charge in [-0.2, -0.15) is 0 Å². The summed E-state index contributed by atoms with van der Waals surface area (Å²) in [4.78, 5) is 14.4. The molecule has 6 heteroatoms. The van der Waals surface area contributed by atoms with Gasteiger partial charge in [0.2, 0.25) is 0 Å². The van der Waals surface area contributed by atoms with Crippen molar-refractivity contribution in [2.24, 2.45) is 0 Å². The summed E-state index contributed by atoms with van der Waals surface area (Å²) in [5, 5.41) is 9.50. The summed E-state index contributed by atoms with van der Waals surface area (Å²) in [6.45, 7) is 0. The van der Waals surface area contributed by atoms with Crippen LogP contribution >= 0.6 is 23.2 Å². The number of nitrogens with zero attached hydrogens (tertiary/aromatic N) is 2. The van der Waals surface area contributed by atoms with Gasteiger partial charge < -0.3 is 9.67 Å². The highest BCUT2D eigenvalue weighted by Crippen LogP contribution is 2.28. The molecule has 1 aromatic heterocycles. The summed E-state index contributed by atoms with van der Waals surface area (Å²) in [7, 11) is 0. The van der Waals surface area contributed by atoms with Crippen LogP contribution in [0.25, 0.3) is 5.69 Å². The fourth-order valence-electron chi connectivity index (χ4n) is 1.26. The van der Waals surface area contributed by atoms with Gasteiger partial charge in [-0.15, -0.1) is 0 Å². The fraction of sp³-hybridized carbons (Fsp3) is 0. The number of benzene rings is 1. The maximum Gasteiger partial charge on any atom is 0.356 e. The first-order chi connectivity index (χ1) is 7.59. The molecule has 82 valence electrons. The first-order valence-electron chi connectivity index (χ1n) is 4.31. The van der Waals surface area contributed by atoms with E-state index in [2.05, 4.69) is 4.98 Å². The normalized spacial score (nSPS) is 10.4. The molecule has 16 heavy (non-hydrogen) atoms. The van der Waals surface area contributed by atoms with Gasteiger partial charge in [-0.05, 0) is 12.1 Å². The molecular weight excluding hydrogens is 251 g/mol. The minimum atomic E-state index is -1.09. The van der Waals surface area contributed by atoms with Crippen LogP contribution < -0.4 is 0 Å². The summed E-state index contributed by atoms with van der Waals surface area (Å²) in [6.07, 6.45) is 2.75. The molecule has 1 N–H and O–H groups in total. The van der Waals surface area contributed by atoms with Gasteiger partial charge in [0.25, 0.3) is 0 Å². The van der Waals surface area contributed by atoms with E-state index < -0.39 is 5.97 Å². The van der Waals surface area contributed by atoms with Gasteiger partial charge in [0, 0.05) is 6.20 Å². The number of rotatable bonds is 2. The number of carboxylic acid groups (broad SMARTS) is 1. The molecule has 0 aliphatic carbocycles. The van der Waals surface area contributed by atoms with Crippen molar-refractivity contribution in [2.75, 3.05) is 0 Å². The summed E-state index contributed by atoms with van der Waals surface area (Å²) in [6, 6.07) is 5.11. The summed E-state index contributed by atoms with van der Waals surface area (Å²) in [5.74, 6) is -1.09. The van der Waals surface area contributed by atoms with E-state index >= 15 is 0 Å². The standard InChI is InChI=1S/C10H6Cl2N2O2/c11-6-2-1-3-8(9(6)12)14-4-7(10(15)16)13-5-14/h1-5H,(H,15,16). The predicted molar refractivity (Wildman–Crippen MR) is 60.5 cm³/mol. The zero-order valence-corrected chi connectivity index (χ0v) is 9.40. The second-order valence-corrected chi connectivity index (χ2v) is 3.83. The van der Waals surface area contributed by atoms with Crippen LogP contribution in [-0.4, -0.2) is 20.6 Å². The Morgan fingerprint density at radius 3 is 2.75 bits per heavy atom. The number of imidazole rings is 1. The first-order valence-corrected chi connectivity index (χ1v) is 5.07. The Morgan fingerprint density at radius 2 is 2.12 bits per heavy atom. The summed E-state index contributed by atoms with van der Waals surface area (Å²) < 4.78 is 1.51. The van der Waals surface area contributed by atoms with Crippen molar-refractivity contribution in [1.29, 1.82) is 0 Å². The van der Waals surface area contributed by atoms with Gasteiger partial charge in [0.1, 0.15) is 6.33 Å². The van der Waals surface area contributed by atoms with E-state index in [1.165, 1.54) is 17.1 Å². The fourth-order valence-corrected chi connectivity index (χ4v) is 1.65. The van der Waals surface area contributed by atoms with Crippen molar-refractivity contribution in [3.05, 3.63) is 46.5 Å². The molecule has 0 unspecified atom stereocenters. The van der Waals surface area contributed by atoms with Crippen LogP contribution in [0.3, 0.4) is 0 Å². The van der Waals surface area contributed by atoms with E-state index in [9.17, 15) is 4.79 Å². The Bertz CT molecular complexity index is 552. The third-order valence-corrected chi connectivity index (χ3v) is 2.82. The Hall–Kier alpha value is -1.52. The van der Waals surface area contributed by atoms with Crippen LogP contribution in [0.4, 0.5) is 0 Å². The molecule has 0 atom stereocenters. The van der Waals surface area contributed by atoms with Gasteiger partial charge in [-0.1, -0.05) is 29.3 Å². The number of aromatic nitrogens is 2. The van der Waals surface area contributed by atoms with Crippen LogP contribution in [-0.2, 0) is 0 Å². The summed E-state index contributed by atoms with van der Waals surface area (Å²) >= 11 is 11.8. The number of hydrogen-bond acceptors (Lipinski definition) is 2. The lowest BCUT2D eigenvalue weighted by atomic mass is 10.3. The highest BCUT2D eigenvalue weighted by atomic mass is 35.5. The average Bonchev–Trinajstić information content (AvgIpc) is 2.71. The first kappa shape index (κ1) is 11.0.